The molecule has 0 fully saturated rings. The summed E-state index contributed by atoms with van der Waals surface area (Å²) in [6, 6.07) is 3.62. The van der Waals surface area contributed by atoms with E-state index < -0.39 is 0 Å². The quantitative estimate of drug-likeness (QED) is 0.689. The Balaban J connectivity index is 2.84. The number of benzene rings is 1. The van der Waals surface area contributed by atoms with Crippen molar-refractivity contribution in [2.24, 2.45) is 5.92 Å². The van der Waals surface area contributed by atoms with Crippen LogP contribution in [0.25, 0.3) is 0 Å². The van der Waals surface area contributed by atoms with Crippen molar-refractivity contribution in [1.29, 1.82) is 0 Å². The molecule has 0 saturated carbocycles. The van der Waals surface area contributed by atoms with Gasteiger partial charge in [-0.2, -0.15) is 0 Å². The SMILES string of the molecule is COc1cc(Cl)cc(CNCC(C)C)c1OCCCO. The maximum absolute atomic E-state index is 8.84. The number of hydrogen-bond donors (Lipinski definition) is 2. The van der Waals surface area contributed by atoms with Crippen LogP contribution in [0.1, 0.15) is 25.8 Å². The smallest absolute Gasteiger partial charge is 0.165 e. The molecular formula is C15H24ClNO3. The van der Waals surface area contributed by atoms with E-state index in [0.29, 0.717) is 42.0 Å². The zero-order valence-electron chi connectivity index (χ0n) is 12.4. The van der Waals surface area contributed by atoms with Gasteiger partial charge in [0.1, 0.15) is 0 Å². The molecular weight excluding hydrogens is 278 g/mol. The molecule has 0 aliphatic heterocycles. The standard InChI is InChI=1S/C15H24ClNO3/c1-11(2)9-17-10-12-7-13(16)8-14(19-3)15(12)20-6-4-5-18/h7-8,11,17-18H,4-6,9-10H2,1-3H3. The van der Waals surface area contributed by atoms with Gasteiger partial charge in [-0.15, -0.1) is 0 Å². The minimum absolute atomic E-state index is 0.108. The first-order valence-electron chi connectivity index (χ1n) is 6.89. The number of ether oxygens (including phenoxy) is 2. The largest absolute Gasteiger partial charge is 0.493 e. The van der Waals surface area contributed by atoms with Gasteiger partial charge in [0.05, 0.1) is 13.7 Å². The average Bonchev–Trinajstić information content (AvgIpc) is 2.40. The van der Waals surface area contributed by atoms with Crippen LogP contribution in [0.3, 0.4) is 0 Å². The van der Waals surface area contributed by atoms with E-state index in [1.807, 2.05) is 6.07 Å². The first kappa shape index (κ1) is 17.1. The second kappa shape index (κ2) is 9.06. The Bertz CT molecular complexity index is 410. The summed E-state index contributed by atoms with van der Waals surface area (Å²) in [5.74, 6) is 1.90. The van der Waals surface area contributed by atoms with Crippen molar-refractivity contribution < 1.29 is 14.6 Å². The molecule has 0 aliphatic carbocycles. The Morgan fingerprint density at radius 1 is 1.35 bits per heavy atom. The third kappa shape index (κ3) is 5.57. The molecule has 1 rings (SSSR count). The lowest BCUT2D eigenvalue weighted by Gasteiger charge is -2.16. The van der Waals surface area contributed by atoms with Crippen LogP contribution in [0.4, 0.5) is 0 Å². The van der Waals surface area contributed by atoms with Crippen LogP contribution in [0.5, 0.6) is 11.5 Å². The highest BCUT2D eigenvalue weighted by Gasteiger charge is 2.13. The lowest BCUT2D eigenvalue weighted by atomic mass is 10.1. The van der Waals surface area contributed by atoms with Crippen LogP contribution in [-0.2, 0) is 6.54 Å². The summed E-state index contributed by atoms with van der Waals surface area (Å²) in [5.41, 5.74) is 0.966. The summed E-state index contributed by atoms with van der Waals surface area (Å²) in [7, 11) is 1.59. The van der Waals surface area contributed by atoms with Crippen LogP contribution >= 0.6 is 11.6 Å². The van der Waals surface area contributed by atoms with Gasteiger partial charge in [0.15, 0.2) is 11.5 Å². The highest BCUT2D eigenvalue weighted by molar-refractivity contribution is 6.30. The number of rotatable bonds is 9. The van der Waals surface area contributed by atoms with Crippen LogP contribution in [-0.4, -0.2) is 32.0 Å². The zero-order chi connectivity index (χ0) is 15.0. The van der Waals surface area contributed by atoms with Crippen LogP contribution in [0.2, 0.25) is 5.02 Å². The van der Waals surface area contributed by atoms with Gasteiger partial charge in [-0.05, 0) is 18.5 Å². The van der Waals surface area contributed by atoms with E-state index >= 15 is 0 Å². The number of hydrogen-bond acceptors (Lipinski definition) is 4. The summed E-state index contributed by atoms with van der Waals surface area (Å²) < 4.78 is 11.1. The van der Waals surface area contributed by atoms with E-state index in [9.17, 15) is 0 Å². The molecule has 0 atom stereocenters. The van der Waals surface area contributed by atoms with E-state index in [0.717, 1.165) is 12.1 Å². The molecule has 4 nitrogen and oxygen atoms in total. The minimum Gasteiger partial charge on any atom is -0.493 e. The fourth-order valence-electron chi connectivity index (χ4n) is 1.80. The predicted molar refractivity (Wildman–Crippen MR) is 81.7 cm³/mol. The number of nitrogens with one attached hydrogen (secondary N) is 1. The van der Waals surface area contributed by atoms with Gasteiger partial charge in [0.25, 0.3) is 0 Å². The van der Waals surface area contributed by atoms with Crippen molar-refractivity contribution in [2.45, 2.75) is 26.8 Å². The number of halogens is 1. The Labute approximate surface area is 126 Å². The predicted octanol–water partition coefficient (Wildman–Crippen LogP) is 2.86. The average molecular weight is 302 g/mol. The van der Waals surface area contributed by atoms with E-state index in [1.54, 1.807) is 13.2 Å². The second-order valence-electron chi connectivity index (χ2n) is 5.05. The molecule has 5 heteroatoms. The molecule has 0 heterocycles. The normalized spacial score (nSPS) is 10.9. The maximum Gasteiger partial charge on any atom is 0.165 e. The molecule has 1 aromatic carbocycles. The lowest BCUT2D eigenvalue weighted by Crippen LogP contribution is -2.19. The van der Waals surface area contributed by atoms with Gasteiger partial charge in [-0.3, -0.25) is 0 Å². The lowest BCUT2D eigenvalue weighted by molar-refractivity contribution is 0.226. The summed E-state index contributed by atoms with van der Waals surface area (Å²) in [4.78, 5) is 0. The van der Waals surface area contributed by atoms with Crippen molar-refractivity contribution in [2.75, 3.05) is 26.9 Å². The monoisotopic (exact) mass is 301 g/mol. The third-order valence-electron chi connectivity index (χ3n) is 2.73. The van der Waals surface area contributed by atoms with Crippen molar-refractivity contribution >= 4 is 11.6 Å². The molecule has 0 aromatic heterocycles. The van der Waals surface area contributed by atoms with E-state index in [2.05, 4.69) is 19.2 Å². The first-order valence-corrected chi connectivity index (χ1v) is 7.27. The van der Waals surface area contributed by atoms with Crippen molar-refractivity contribution in [3.63, 3.8) is 0 Å². The molecule has 2 N–H and O–H groups in total. The molecule has 0 amide bonds. The van der Waals surface area contributed by atoms with E-state index in [1.165, 1.54) is 0 Å². The molecule has 1 aromatic rings. The Kier molecular flexibility index (Phi) is 7.73. The van der Waals surface area contributed by atoms with Crippen molar-refractivity contribution in [3.8, 4) is 11.5 Å². The topological polar surface area (TPSA) is 50.7 Å². The maximum atomic E-state index is 8.84. The summed E-state index contributed by atoms with van der Waals surface area (Å²) in [6.07, 6.45) is 0.588. The van der Waals surface area contributed by atoms with Crippen LogP contribution in [0.15, 0.2) is 12.1 Å². The van der Waals surface area contributed by atoms with Crippen LogP contribution in [0, 0.1) is 5.92 Å². The molecule has 0 saturated heterocycles. The van der Waals surface area contributed by atoms with Crippen molar-refractivity contribution in [1.82, 2.24) is 5.32 Å². The van der Waals surface area contributed by atoms with Crippen molar-refractivity contribution in [3.05, 3.63) is 22.7 Å². The highest BCUT2D eigenvalue weighted by atomic mass is 35.5. The molecule has 114 valence electrons. The molecule has 0 radical (unpaired) electrons. The fraction of sp³-hybridized carbons (Fsp3) is 0.600. The molecule has 20 heavy (non-hydrogen) atoms. The molecule has 0 aliphatic rings. The van der Waals surface area contributed by atoms with Gasteiger partial charge in [-0.25, -0.2) is 0 Å². The summed E-state index contributed by atoms with van der Waals surface area (Å²) in [5, 5.41) is 12.8. The summed E-state index contributed by atoms with van der Waals surface area (Å²) in [6.45, 7) is 6.46. The molecule has 0 unspecified atom stereocenters. The Morgan fingerprint density at radius 2 is 2.10 bits per heavy atom. The third-order valence-corrected chi connectivity index (χ3v) is 2.95. The number of aliphatic hydroxyl groups excluding tert-OH is 1. The van der Waals surface area contributed by atoms with Crippen LogP contribution < -0.4 is 14.8 Å². The fourth-order valence-corrected chi connectivity index (χ4v) is 2.03. The second-order valence-corrected chi connectivity index (χ2v) is 5.48. The van der Waals surface area contributed by atoms with E-state index in [-0.39, 0.29) is 6.61 Å². The molecule has 0 spiro atoms. The van der Waals surface area contributed by atoms with Gasteiger partial charge in [0.2, 0.25) is 0 Å². The zero-order valence-corrected chi connectivity index (χ0v) is 13.2. The van der Waals surface area contributed by atoms with Gasteiger partial charge in [0, 0.05) is 36.2 Å². The van der Waals surface area contributed by atoms with E-state index in [4.69, 9.17) is 26.2 Å². The van der Waals surface area contributed by atoms with Gasteiger partial charge in [-0.1, -0.05) is 25.4 Å². The molecule has 0 bridgehead atoms. The number of aliphatic hydroxyl groups is 1. The Morgan fingerprint density at radius 3 is 2.70 bits per heavy atom. The van der Waals surface area contributed by atoms with Gasteiger partial charge < -0.3 is 19.9 Å². The first-order chi connectivity index (χ1) is 9.58. The van der Waals surface area contributed by atoms with Gasteiger partial charge >= 0.3 is 0 Å². The number of methoxy groups -OCH3 is 1. The Hall–Kier alpha value is -0.970. The highest BCUT2D eigenvalue weighted by Crippen LogP contribution is 2.34. The minimum atomic E-state index is 0.108. The summed E-state index contributed by atoms with van der Waals surface area (Å²) >= 11 is 6.10.